The molecule has 35 heavy (non-hydrogen) atoms. The van der Waals surface area contributed by atoms with Gasteiger partial charge in [0.2, 0.25) is 5.43 Å². The van der Waals surface area contributed by atoms with Gasteiger partial charge in [0.25, 0.3) is 11.8 Å². The van der Waals surface area contributed by atoms with Crippen molar-refractivity contribution in [1.29, 1.82) is 0 Å². The minimum Gasteiger partial charge on any atom is -0.503 e. The molecule has 1 aromatic heterocycles. The fraction of sp³-hybridized carbons (Fsp3) is 0.208. The molecular weight excluding hydrogens is 470 g/mol. The van der Waals surface area contributed by atoms with Crippen LogP contribution in [0, 0.1) is 23.3 Å². The van der Waals surface area contributed by atoms with Gasteiger partial charge in [-0.25, -0.2) is 17.6 Å². The largest absolute Gasteiger partial charge is 0.503 e. The maximum atomic E-state index is 14.1. The lowest BCUT2D eigenvalue weighted by atomic mass is 9.97. The van der Waals surface area contributed by atoms with Crippen molar-refractivity contribution in [1.82, 2.24) is 14.8 Å². The van der Waals surface area contributed by atoms with E-state index in [0.717, 1.165) is 30.5 Å². The van der Waals surface area contributed by atoms with Gasteiger partial charge in [-0.2, -0.15) is 0 Å². The van der Waals surface area contributed by atoms with Crippen LogP contribution in [-0.4, -0.2) is 39.5 Å². The Morgan fingerprint density at radius 1 is 1.06 bits per heavy atom. The number of aromatic hydroxyl groups is 1. The monoisotopic (exact) mass is 487 g/mol. The molecule has 5 rings (SSSR count). The summed E-state index contributed by atoms with van der Waals surface area (Å²) in [5, 5.41) is 12.9. The second-order valence-corrected chi connectivity index (χ2v) is 8.38. The number of nitrogens with one attached hydrogen (secondary N) is 1. The van der Waals surface area contributed by atoms with Gasteiger partial charge in [-0.05, 0) is 35.7 Å². The highest BCUT2D eigenvalue weighted by molar-refractivity contribution is 5.99. The van der Waals surface area contributed by atoms with Crippen molar-refractivity contribution >= 4 is 11.8 Å². The standard InChI is InChI=1S/C24H17F4N3O4/c25-13-2-1-12(16(26)6-13)8-29-23(34)15-9-31-19-10-30(24(35)20(31)22(33)21(15)32)4-3-11-5-17(27)18(28)7-14(11)19/h1-2,5-7,9,19,33H,3-4,8,10H2,(H,29,34)/t19-/m1/s1. The summed E-state index contributed by atoms with van der Waals surface area (Å²) >= 11 is 0. The molecule has 0 spiro atoms. The first kappa shape index (κ1) is 22.6. The first-order valence-electron chi connectivity index (χ1n) is 10.6. The Labute approximate surface area is 195 Å². The second-order valence-electron chi connectivity index (χ2n) is 8.38. The average Bonchev–Trinajstić information content (AvgIpc) is 2.97. The Morgan fingerprint density at radius 2 is 1.80 bits per heavy atom. The highest BCUT2D eigenvalue weighted by Gasteiger charge is 2.39. The normalized spacial score (nSPS) is 16.4. The van der Waals surface area contributed by atoms with Gasteiger partial charge in [0, 0.05) is 37.5 Å². The Morgan fingerprint density at radius 3 is 2.54 bits per heavy atom. The van der Waals surface area contributed by atoms with E-state index in [2.05, 4.69) is 5.32 Å². The van der Waals surface area contributed by atoms with Gasteiger partial charge in [0.1, 0.15) is 17.2 Å². The molecule has 2 aliphatic rings. The lowest BCUT2D eigenvalue weighted by Crippen LogP contribution is -2.45. The zero-order chi connectivity index (χ0) is 25.0. The van der Waals surface area contributed by atoms with E-state index in [1.165, 1.54) is 9.47 Å². The van der Waals surface area contributed by atoms with E-state index in [9.17, 15) is 37.1 Å². The van der Waals surface area contributed by atoms with E-state index >= 15 is 0 Å². The van der Waals surface area contributed by atoms with Crippen LogP contribution in [0.5, 0.6) is 5.75 Å². The average molecular weight is 487 g/mol. The molecule has 0 aliphatic carbocycles. The van der Waals surface area contributed by atoms with E-state index in [-0.39, 0.29) is 37.3 Å². The van der Waals surface area contributed by atoms with Crippen LogP contribution in [0.2, 0.25) is 0 Å². The van der Waals surface area contributed by atoms with E-state index in [1.807, 2.05) is 0 Å². The SMILES string of the molecule is O=C(NCc1ccc(F)cc1F)c1cn2c(c(O)c1=O)C(=O)N1CCc3cc(F)c(F)cc3[C@H]2C1. The van der Waals surface area contributed by atoms with Gasteiger partial charge in [0.15, 0.2) is 23.1 Å². The molecule has 7 nitrogen and oxygen atoms in total. The third-order valence-electron chi connectivity index (χ3n) is 6.32. The Bertz CT molecular complexity index is 1470. The molecule has 180 valence electrons. The molecule has 0 saturated heterocycles. The van der Waals surface area contributed by atoms with Crippen LogP contribution < -0.4 is 10.7 Å². The molecule has 2 aliphatic heterocycles. The number of pyridine rings is 1. The zero-order valence-electron chi connectivity index (χ0n) is 17.9. The maximum Gasteiger partial charge on any atom is 0.274 e. The molecule has 11 heteroatoms. The highest BCUT2D eigenvalue weighted by atomic mass is 19.2. The quantitative estimate of drug-likeness (QED) is 0.556. The predicted octanol–water partition coefficient (Wildman–Crippen LogP) is 2.64. The van der Waals surface area contributed by atoms with Crippen molar-refractivity contribution in [3.63, 3.8) is 0 Å². The van der Waals surface area contributed by atoms with Crippen LogP contribution in [0.1, 0.15) is 43.6 Å². The molecule has 2 aromatic carbocycles. The van der Waals surface area contributed by atoms with Crippen molar-refractivity contribution in [2.75, 3.05) is 13.1 Å². The molecular formula is C24H17F4N3O4. The van der Waals surface area contributed by atoms with E-state index < -0.39 is 57.9 Å². The first-order chi connectivity index (χ1) is 16.7. The van der Waals surface area contributed by atoms with Crippen molar-refractivity contribution in [2.24, 2.45) is 0 Å². The maximum absolute atomic E-state index is 14.1. The van der Waals surface area contributed by atoms with Gasteiger partial charge >= 0.3 is 0 Å². The van der Waals surface area contributed by atoms with Crippen LogP contribution in [0.15, 0.2) is 41.3 Å². The first-order valence-corrected chi connectivity index (χ1v) is 10.6. The van der Waals surface area contributed by atoms with Gasteiger partial charge < -0.3 is 19.9 Å². The summed E-state index contributed by atoms with van der Waals surface area (Å²) in [6.07, 6.45) is 1.30. The third-order valence-corrected chi connectivity index (χ3v) is 6.32. The Hall–Kier alpha value is -4.15. The molecule has 2 N–H and O–H groups in total. The van der Waals surface area contributed by atoms with Crippen molar-refractivity contribution in [3.8, 4) is 5.75 Å². The predicted molar refractivity (Wildman–Crippen MR) is 114 cm³/mol. The van der Waals surface area contributed by atoms with E-state index in [4.69, 9.17) is 0 Å². The summed E-state index contributed by atoms with van der Waals surface area (Å²) in [5.41, 5.74) is -1.26. The van der Waals surface area contributed by atoms with Gasteiger partial charge in [0.05, 0.1) is 6.04 Å². The minimum atomic E-state index is -1.12. The number of carbonyl (C=O) groups is 2. The third kappa shape index (κ3) is 3.72. The number of fused-ring (bicyclic) bond motifs is 6. The molecule has 2 amide bonds. The zero-order valence-corrected chi connectivity index (χ0v) is 17.9. The molecule has 0 saturated carbocycles. The number of nitrogens with zero attached hydrogens (tertiary/aromatic N) is 2. The smallest absolute Gasteiger partial charge is 0.274 e. The lowest BCUT2D eigenvalue weighted by Gasteiger charge is -2.35. The van der Waals surface area contributed by atoms with E-state index in [0.29, 0.717) is 17.2 Å². The number of rotatable bonds is 3. The fourth-order valence-corrected chi connectivity index (χ4v) is 4.53. The molecule has 3 heterocycles. The summed E-state index contributed by atoms with van der Waals surface area (Å²) < 4.78 is 56.2. The number of aromatic nitrogens is 1. The number of carbonyl (C=O) groups excluding carboxylic acids is 2. The van der Waals surface area contributed by atoms with Crippen LogP contribution in [0.25, 0.3) is 0 Å². The Kier molecular flexibility index (Phi) is 5.34. The number of halogens is 4. The van der Waals surface area contributed by atoms with Crippen molar-refractivity contribution in [2.45, 2.75) is 19.0 Å². The molecule has 0 radical (unpaired) electrons. The number of hydrogen-bond donors (Lipinski definition) is 2. The molecule has 0 fully saturated rings. The molecule has 1 atom stereocenters. The molecule has 0 unspecified atom stereocenters. The van der Waals surface area contributed by atoms with Crippen molar-refractivity contribution < 1.29 is 32.3 Å². The van der Waals surface area contributed by atoms with Gasteiger partial charge in [-0.3, -0.25) is 14.4 Å². The summed E-state index contributed by atoms with van der Waals surface area (Å²) in [4.78, 5) is 39.9. The van der Waals surface area contributed by atoms with Crippen LogP contribution in [-0.2, 0) is 13.0 Å². The van der Waals surface area contributed by atoms with E-state index in [1.54, 1.807) is 0 Å². The Balaban J connectivity index is 1.57. The summed E-state index contributed by atoms with van der Waals surface area (Å²) in [6, 6.07) is 4.03. The number of hydrogen-bond acceptors (Lipinski definition) is 4. The van der Waals surface area contributed by atoms with Crippen molar-refractivity contribution in [3.05, 3.63) is 98.0 Å². The van der Waals surface area contributed by atoms with Crippen LogP contribution in [0.4, 0.5) is 17.6 Å². The van der Waals surface area contributed by atoms with Crippen LogP contribution in [0.3, 0.4) is 0 Å². The summed E-state index contributed by atoms with van der Waals surface area (Å²) in [6.45, 7) is -0.170. The lowest BCUT2D eigenvalue weighted by molar-refractivity contribution is 0.0686. The minimum absolute atomic E-state index is 0.0388. The molecule has 3 aromatic rings. The number of benzene rings is 2. The summed E-state index contributed by atoms with van der Waals surface area (Å²) in [7, 11) is 0. The topological polar surface area (TPSA) is 91.6 Å². The van der Waals surface area contributed by atoms with Crippen LogP contribution >= 0.6 is 0 Å². The number of amides is 2. The van der Waals surface area contributed by atoms with Gasteiger partial charge in [-0.15, -0.1) is 0 Å². The highest BCUT2D eigenvalue weighted by Crippen LogP contribution is 2.35. The fourth-order valence-electron chi connectivity index (χ4n) is 4.53. The van der Waals surface area contributed by atoms with Gasteiger partial charge in [-0.1, -0.05) is 6.07 Å². The second kappa shape index (κ2) is 8.26. The molecule has 2 bridgehead atoms. The summed E-state index contributed by atoms with van der Waals surface area (Å²) in [5.74, 6) is -6.43.